The Bertz CT molecular complexity index is 1010. The molecular formula is C36H57O12Sn. The molecule has 1 atom stereocenters. The molecule has 1 unspecified atom stereocenters. The predicted molar refractivity (Wildman–Crippen MR) is 185 cm³/mol. The van der Waals surface area contributed by atoms with Crippen LogP contribution in [0.5, 0.6) is 0 Å². The second-order valence-corrected chi connectivity index (χ2v) is 16.6. The van der Waals surface area contributed by atoms with Crippen LogP contribution in [0.25, 0.3) is 0 Å². The first-order valence-electron chi connectivity index (χ1n) is 17.7. The van der Waals surface area contributed by atoms with Crippen molar-refractivity contribution in [3.05, 3.63) is 36.5 Å². The second kappa shape index (κ2) is 32.1. The summed E-state index contributed by atoms with van der Waals surface area (Å²) in [4.78, 5) is 73.0. The van der Waals surface area contributed by atoms with Gasteiger partial charge in [-0.2, -0.15) is 0 Å². The zero-order chi connectivity index (χ0) is 36.5. The Morgan fingerprint density at radius 2 is 0.714 bits per heavy atom. The van der Waals surface area contributed by atoms with E-state index >= 15 is 0 Å². The Hall–Kier alpha value is -3.16. The van der Waals surface area contributed by atoms with Gasteiger partial charge >= 0.3 is 275 Å². The van der Waals surface area contributed by atoms with E-state index in [-0.39, 0.29) is 23.8 Å². The summed E-state index contributed by atoms with van der Waals surface area (Å²) in [6, 6.07) is 0. The Morgan fingerprint density at radius 1 is 0.408 bits per heavy atom. The predicted octanol–water partition coefficient (Wildman–Crippen LogP) is 6.70. The molecule has 0 rings (SSSR count). The summed E-state index contributed by atoms with van der Waals surface area (Å²) < 4.78 is 31.5. The maximum atomic E-state index is 12.8. The number of hydrogen-bond donors (Lipinski definition) is 0. The molecule has 0 spiro atoms. The molecule has 0 bridgehead atoms. The fraction of sp³-hybridized carbons (Fsp3) is 0.667. The number of hydrogen-bond acceptors (Lipinski definition) is 12. The van der Waals surface area contributed by atoms with Gasteiger partial charge in [-0.15, -0.1) is 0 Å². The first-order valence-corrected chi connectivity index (χ1v) is 21.7. The van der Waals surface area contributed by atoms with Crippen LogP contribution in [-0.2, 0) is 53.9 Å². The van der Waals surface area contributed by atoms with E-state index in [2.05, 4.69) is 6.92 Å². The summed E-state index contributed by atoms with van der Waals surface area (Å²) in [7, 11) is 0. The zero-order valence-electron chi connectivity index (χ0n) is 29.9. The standard InChI is InChI=1S/C20H35O4.2C8H12O4.Sn/c1-3-5-7-8-9-10-11-12-13-14-18-24-20(22)16-15-19(21)23-17-6-4-2;2*1-2-3-6-12-8(11)5-4-7(9)10;/h10,15-16H,3-9,11-14,17-18H2,1-2H3;2*4-5H,2-3,6H2,1H3,(H,9,10);/q;;;+2/p-2/b;2*5-4-;. The van der Waals surface area contributed by atoms with E-state index in [1.165, 1.54) is 0 Å². The molecule has 0 aromatic heterocycles. The molecule has 0 aromatic rings. The summed E-state index contributed by atoms with van der Waals surface area (Å²) in [6.07, 6.45) is 17.9. The molecule has 0 amide bonds. The zero-order valence-corrected chi connectivity index (χ0v) is 32.7. The number of rotatable bonds is 29. The quantitative estimate of drug-likeness (QED) is 0.0260. The number of carbonyl (C=O) groups is 6. The van der Waals surface area contributed by atoms with E-state index in [1.807, 2.05) is 20.8 Å². The molecule has 0 saturated carbocycles. The van der Waals surface area contributed by atoms with Crippen molar-refractivity contribution in [2.45, 2.75) is 128 Å². The summed E-state index contributed by atoms with van der Waals surface area (Å²) in [5, 5.41) is 0. The minimum absolute atomic E-state index is 0.156. The van der Waals surface area contributed by atoms with Crippen molar-refractivity contribution in [2.24, 2.45) is 0 Å². The summed E-state index contributed by atoms with van der Waals surface area (Å²) >= 11 is -3.78. The fourth-order valence-corrected chi connectivity index (χ4v) is 9.15. The van der Waals surface area contributed by atoms with Crippen molar-refractivity contribution in [3.63, 3.8) is 0 Å². The van der Waals surface area contributed by atoms with Gasteiger partial charge in [0.2, 0.25) is 0 Å². The van der Waals surface area contributed by atoms with Gasteiger partial charge in [0.15, 0.2) is 0 Å². The number of carbonyl (C=O) groups excluding carboxylic acids is 6. The van der Waals surface area contributed by atoms with Crippen molar-refractivity contribution >= 4 is 56.4 Å². The van der Waals surface area contributed by atoms with E-state index in [4.69, 9.17) is 25.1 Å². The summed E-state index contributed by atoms with van der Waals surface area (Å²) in [5.74, 6) is -4.18. The van der Waals surface area contributed by atoms with E-state index in [9.17, 15) is 28.8 Å². The van der Waals surface area contributed by atoms with Crippen LogP contribution in [0.2, 0.25) is 3.93 Å². The Morgan fingerprint density at radius 3 is 1.06 bits per heavy atom. The average Bonchev–Trinajstić information content (AvgIpc) is 3.08. The molecule has 0 aliphatic carbocycles. The van der Waals surface area contributed by atoms with Gasteiger partial charge in [-0.05, 0) is 6.42 Å². The monoisotopic (exact) mass is 801 g/mol. The van der Waals surface area contributed by atoms with Crippen LogP contribution in [0, 0.1) is 0 Å². The Kier molecular flexibility index (Phi) is 30.0. The third-order valence-electron chi connectivity index (χ3n) is 6.88. The van der Waals surface area contributed by atoms with Crippen molar-refractivity contribution < 1.29 is 53.9 Å². The maximum absolute atomic E-state index is 12.8. The molecule has 1 radical (unpaired) electrons. The van der Waals surface area contributed by atoms with Gasteiger partial charge < -0.3 is 0 Å². The van der Waals surface area contributed by atoms with Crippen molar-refractivity contribution in [2.75, 3.05) is 26.4 Å². The third kappa shape index (κ3) is 28.4. The van der Waals surface area contributed by atoms with Crippen LogP contribution in [0.3, 0.4) is 0 Å². The van der Waals surface area contributed by atoms with Crippen molar-refractivity contribution in [1.29, 1.82) is 0 Å². The van der Waals surface area contributed by atoms with E-state index < -0.39 is 56.4 Å². The SMILES string of the molecule is CCCCCC[CH](CCCCCOC(=O)C=CC(=O)OCCCC)[Sn]([O]C(=O)/C=C\C(=O)OCCCC)[O]C(=O)/C=C\C(=O)OCCCC. The number of ether oxygens (including phenoxy) is 4. The van der Waals surface area contributed by atoms with Gasteiger partial charge in [0.05, 0.1) is 6.61 Å². The number of unbranched alkanes of at least 4 members (excludes halogenated alkanes) is 8. The van der Waals surface area contributed by atoms with Gasteiger partial charge in [-0.25, -0.2) is 0 Å². The topological polar surface area (TPSA) is 158 Å². The first-order chi connectivity index (χ1) is 23.7. The van der Waals surface area contributed by atoms with Gasteiger partial charge in [0, 0.05) is 0 Å². The third-order valence-corrected chi connectivity index (χ3v) is 12.7. The molecule has 0 aliphatic rings. The molecule has 0 saturated heterocycles. The molecular weight excluding hydrogens is 743 g/mol. The molecule has 13 heteroatoms. The van der Waals surface area contributed by atoms with Crippen LogP contribution in [0.4, 0.5) is 0 Å². The molecule has 0 fully saturated rings. The van der Waals surface area contributed by atoms with E-state index in [0.717, 1.165) is 87.8 Å². The molecule has 0 aliphatic heterocycles. The molecule has 49 heavy (non-hydrogen) atoms. The van der Waals surface area contributed by atoms with Crippen LogP contribution in [-0.4, -0.2) is 82.8 Å². The molecule has 12 nitrogen and oxygen atoms in total. The van der Waals surface area contributed by atoms with Crippen LogP contribution in [0.15, 0.2) is 36.5 Å². The van der Waals surface area contributed by atoms with Crippen LogP contribution >= 0.6 is 0 Å². The van der Waals surface area contributed by atoms with Gasteiger partial charge in [-0.3, -0.25) is 0 Å². The van der Waals surface area contributed by atoms with Gasteiger partial charge in [-0.1, -0.05) is 13.3 Å². The second-order valence-electron chi connectivity index (χ2n) is 11.3. The molecule has 0 N–H and O–H groups in total. The minimum atomic E-state index is -3.78. The molecule has 0 aromatic carbocycles. The Labute approximate surface area is 300 Å². The van der Waals surface area contributed by atoms with E-state index in [1.54, 1.807) is 0 Å². The molecule has 0 heterocycles. The van der Waals surface area contributed by atoms with Crippen molar-refractivity contribution in [3.8, 4) is 0 Å². The normalized spacial score (nSPS) is 11.9. The number of esters is 4. The van der Waals surface area contributed by atoms with E-state index in [0.29, 0.717) is 51.6 Å². The summed E-state index contributed by atoms with van der Waals surface area (Å²) in [6.45, 7) is 8.93. The molecule has 277 valence electrons. The first kappa shape index (κ1) is 45.8. The van der Waals surface area contributed by atoms with Crippen LogP contribution in [0.1, 0.15) is 124 Å². The van der Waals surface area contributed by atoms with Gasteiger partial charge in [0.1, 0.15) is 0 Å². The average molecular weight is 801 g/mol. The van der Waals surface area contributed by atoms with Crippen molar-refractivity contribution in [1.82, 2.24) is 0 Å². The van der Waals surface area contributed by atoms with Gasteiger partial charge in [0.25, 0.3) is 0 Å². The van der Waals surface area contributed by atoms with Crippen LogP contribution < -0.4 is 0 Å². The fourth-order valence-electron chi connectivity index (χ4n) is 4.05. The Balaban J connectivity index is 5.42. The summed E-state index contributed by atoms with van der Waals surface area (Å²) in [5.41, 5.74) is 0.